The highest BCUT2D eigenvalue weighted by atomic mass is 16.3. The van der Waals surface area contributed by atoms with Crippen LogP contribution in [-0.2, 0) is 11.3 Å². The Morgan fingerprint density at radius 2 is 2.44 bits per heavy atom. The van der Waals surface area contributed by atoms with Crippen LogP contribution in [0.15, 0.2) is 34.6 Å². The van der Waals surface area contributed by atoms with E-state index < -0.39 is 0 Å². The van der Waals surface area contributed by atoms with Crippen LogP contribution in [0.5, 0.6) is 0 Å². The molecule has 1 amide bonds. The molecule has 1 aromatic heterocycles. The van der Waals surface area contributed by atoms with E-state index in [9.17, 15) is 4.79 Å². The standard InChI is InChI=1S/C13H17N3O2/c1-2-3-6-16-13(17)11(8-14)9-15-10-12-5-4-7-18-12/h4-5,7,9,15H,2-3,6,10H2,1H3,(H,16,17)/b11-9-. The molecule has 5 nitrogen and oxygen atoms in total. The fourth-order valence-corrected chi connectivity index (χ4v) is 1.29. The lowest BCUT2D eigenvalue weighted by Crippen LogP contribution is -2.26. The molecule has 0 saturated carbocycles. The first-order valence-electron chi connectivity index (χ1n) is 5.92. The summed E-state index contributed by atoms with van der Waals surface area (Å²) in [5.41, 5.74) is 0.0673. The molecule has 1 rings (SSSR count). The van der Waals surface area contributed by atoms with Crippen molar-refractivity contribution in [2.24, 2.45) is 0 Å². The highest BCUT2D eigenvalue weighted by Gasteiger charge is 2.07. The van der Waals surface area contributed by atoms with Crippen molar-refractivity contribution < 1.29 is 9.21 Å². The number of nitriles is 1. The lowest BCUT2D eigenvalue weighted by Gasteiger charge is -2.03. The summed E-state index contributed by atoms with van der Waals surface area (Å²) in [7, 11) is 0. The Morgan fingerprint density at radius 1 is 1.61 bits per heavy atom. The maximum atomic E-state index is 11.6. The molecule has 0 aliphatic carbocycles. The molecule has 0 spiro atoms. The number of unbranched alkanes of at least 4 members (excludes halogenated alkanes) is 1. The second kappa shape index (κ2) is 7.96. The molecular weight excluding hydrogens is 230 g/mol. The average Bonchev–Trinajstić information content (AvgIpc) is 2.88. The van der Waals surface area contributed by atoms with Gasteiger partial charge in [-0.2, -0.15) is 5.26 Å². The first kappa shape index (κ1) is 13.8. The number of furan rings is 1. The summed E-state index contributed by atoms with van der Waals surface area (Å²) < 4.78 is 5.11. The van der Waals surface area contributed by atoms with Crippen molar-refractivity contribution in [2.45, 2.75) is 26.3 Å². The van der Waals surface area contributed by atoms with Gasteiger partial charge in [-0.05, 0) is 18.6 Å². The van der Waals surface area contributed by atoms with Crippen LogP contribution in [0.1, 0.15) is 25.5 Å². The third-order valence-electron chi connectivity index (χ3n) is 2.28. The molecule has 2 N–H and O–H groups in total. The van der Waals surface area contributed by atoms with Crippen LogP contribution in [0.3, 0.4) is 0 Å². The van der Waals surface area contributed by atoms with E-state index in [0.717, 1.165) is 18.6 Å². The first-order valence-corrected chi connectivity index (χ1v) is 5.92. The monoisotopic (exact) mass is 247 g/mol. The highest BCUT2D eigenvalue weighted by molar-refractivity contribution is 5.97. The van der Waals surface area contributed by atoms with E-state index in [1.54, 1.807) is 12.3 Å². The van der Waals surface area contributed by atoms with Crippen molar-refractivity contribution in [3.05, 3.63) is 35.9 Å². The van der Waals surface area contributed by atoms with Gasteiger partial charge in [-0.15, -0.1) is 0 Å². The van der Waals surface area contributed by atoms with Gasteiger partial charge in [0.05, 0.1) is 12.8 Å². The van der Waals surface area contributed by atoms with E-state index in [-0.39, 0.29) is 11.5 Å². The Hall–Kier alpha value is -2.22. The van der Waals surface area contributed by atoms with Crippen LogP contribution >= 0.6 is 0 Å². The molecule has 0 aromatic carbocycles. The quantitative estimate of drug-likeness (QED) is 0.436. The summed E-state index contributed by atoms with van der Waals surface area (Å²) in [6, 6.07) is 5.46. The second-order valence-corrected chi connectivity index (χ2v) is 3.74. The van der Waals surface area contributed by atoms with Crippen molar-refractivity contribution in [3.8, 4) is 6.07 Å². The number of amides is 1. The van der Waals surface area contributed by atoms with Gasteiger partial charge in [0.2, 0.25) is 0 Å². The van der Waals surface area contributed by atoms with Crippen molar-refractivity contribution in [3.63, 3.8) is 0 Å². The van der Waals surface area contributed by atoms with Gasteiger partial charge in [-0.1, -0.05) is 13.3 Å². The zero-order chi connectivity index (χ0) is 13.2. The number of carbonyl (C=O) groups is 1. The Bertz CT molecular complexity index is 430. The summed E-state index contributed by atoms with van der Waals surface area (Å²) in [6.45, 7) is 3.07. The zero-order valence-electron chi connectivity index (χ0n) is 10.4. The van der Waals surface area contributed by atoms with Crippen molar-refractivity contribution in [2.75, 3.05) is 6.54 Å². The maximum absolute atomic E-state index is 11.6. The minimum absolute atomic E-state index is 0.0673. The molecule has 0 unspecified atom stereocenters. The fourth-order valence-electron chi connectivity index (χ4n) is 1.29. The predicted octanol–water partition coefficient (Wildman–Crippen LogP) is 1.69. The molecule has 0 bridgehead atoms. The van der Waals surface area contributed by atoms with Gasteiger partial charge in [0.1, 0.15) is 17.4 Å². The molecular formula is C13H17N3O2. The van der Waals surface area contributed by atoms with Gasteiger partial charge in [-0.25, -0.2) is 0 Å². The molecule has 1 heterocycles. The lowest BCUT2D eigenvalue weighted by atomic mass is 10.2. The summed E-state index contributed by atoms with van der Waals surface area (Å²) in [5, 5.41) is 14.4. The summed E-state index contributed by atoms with van der Waals surface area (Å²) in [5.74, 6) is 0.396. The van der Waals surface area contributed by atoms with Crippen LogP contribution < -0.4 is 10.6 Å². The lowest BCUT2D eigenvalue weighted by molar-refractivity contribution is -0.117. The number of rotatable bonds is 7. The normalized spacial score (nSPS) is 10.8. The zero-order valence-corrected chi connectivity index (χ0v) is 10.4. The van der Waals surface area contributed by atoms with Gasteiger partial charge in [-0.3, -0.25) is 4.79 Å². The van der Waals surface area contributed by atoms with Crippen LogP contribution in [0.2, 0.25) is 0 Å². The molecule has 5 heteroatoms. The third kappa shape index (κ3) is 4.74. The van der Waals surface area contributed by atoms with Gasteiger partial charge in [0.15, 0.2) is 0 Å². The molecule has 0 radical (unpaired) electrons. The summed E-state index contributed by atoms with van der Waals surface area (Å²) in [4.78, 5) is 11.6. The number of carbonyl (C=O) groups excluding carboxylic acids is 1. The second-order valence-electron chi connectivity index (χ2n) is 3.74. The smallest absolute Gasteiger partial charge is 0.263 e. The Kier molecular flexibility index (Phi) is 6.12. The third-order valence-corrected chi connectivity index (χ3v) is 2.28. The summed E-state index contributed by atoms with van der Waals surface area (Å²) >= 11 is 0. The largest absolute Gasteiger partial charge is 0.467 e. The number of nitrogens with one attached hydrogen (secondary N) is 2. The molecule has 0 atom stereocenters. The van der Waals surface area contributed by atoms with Crippen LogP contribution in [0.4, 0.5) is 0 Å². The van der Waals surface area contributed by atoms with E-state index in [0.29, 0.717) is 13.1 Å². The van der Waals surface area contributed by atoms with Crippen LogP contribution in [0.25, 0.3) is 0 Å². The predicted molar refractivity (Wildman–Crippen MR) is 67.2 cm³/mol. The van der Waals surface area contributed by atoms with Gasteiger partial charge in [0, 0.05) is 12.7 Å². The van der Waals surface area contributed by atoms with Crippen molar-refractivity contribution >= 4 is 5.91 Å². The minimum atomic E-state index is -0.349. The SMILES string of the molecule is CCCCNC(=O)/C(C#N)=C\NCc1ccco1. The van der Waals surface area contributed by atoms with Crippen molar-refractivity contribution in [1.82, 2.24) is 10.6 Å². The average molecular weight is 247 g/mol. The summed E-state index contributed by atoms with van der Waals surface area (Å²) in [6.07, 6.45) is 4.89. The molecule has 0 aliphatic heterocycles. The van der Waals surface area contributed by atoms with E-state index >= 15 is 0 Å². The minimum Gasteiger partial charge on any atom is -0.467 e. The number of hydrogen-bond donors (Lipinski definition) is 2. The number of nitrogens with zero attached hydrogens (tertiary/aromatic N) is 1. The molecule has 0 aliphatic rings. The highest BCUT2D eigenvalue weighted by Crippen LogP contribution is 1.99. The Balaban J connectivity index is 2.39. The van der Waals surface area contributed by atoms with E-state index in [1.165, 1.54) is 6.20 Å². The molecule has 0 saturated heterocycles. The maximum Gasteiger partial charge on any atom is 0.263 e. The molecule has 96 valence electrons. The van der Waals surface area contributed by atoms with E-state index in [1.807, 2.05) is 19.1 Å². The molecule has 1 aromatic rings. The van der Waals surface area contributed by atoms with Gasteiger partial charge in [0.25, 0.3) is 5.91 Å². The van der Waals surface area contributed by atoms with Crippen molar-refractivity contribution in [1.29, 1.82) is 5.26 Å². The van der Waals surface area contributed by atoms with Gasteiger partial charge >= 0.3 is 0 Å². The molecule has 18 heavy (non-hydrogen) atoms. The van der Waals surface area contributed by atoms with E-state index in [4.69, 9.17) is 9.68 Å². The topological polar surface area (TPSA) is 78.1 Å². The Morgan fingerprint density at radius 3 is 3.06 bits per heavy atom. The Labute approximate surface area is 106 Å². The van der Waals surface area contributed by atoms with Crippen LogP contribution in [0, 0.1) is 11.3 Å². The first-order chi connectivity index (χ1) is 8.77. The van der Waals surface area contributed by atoms with Crippen LogP contribution in [-0.4, -0.2) is 12.5 Å². The number of hydrogen-bond acceptors (Lipinski definition) is 4. The fraction of sp³-hybridized carbons (Fsp3) is 0.385. The van der Waals surface area contributed by atoms with E-state index in [2.05, 4.69) is 10.6 Å². The van der Waals surface area contributed by atoms with Gasteiger partial charge < -0.3 is 15.1 Å². The molecule has 0 fully saturated rings.